The van der Waals surface area contributed by atoms with Crippen molar-refractivity contribution in [3.8, 4) is 30.3 Å². The number of hydrogen-bond acceptors (Lipinski definition) is 6. The summed E-state index contributed by atoms with van der Waals surface area (Å²) in [6, 6.07) is 8.08. The normalized spacial score (nSPS) is 6.83. The summed E-state index contributed by atoms with van der Waals surface area (Å²) in [7, 11) is 0. The summed E-state index contributed by atoms with van der Waals surface area (Å²) in [5.41, 5.74) is -1.49. The average molecular weight is 283 g/mol. The zero-order valence-electron chi connectivity index (χ0n) is 9.04. The summed E-state index contributed by atoms with van der Waals surface area (Å²) in [6.07, 6.45) is 0. The largest absolute Gasteiger partial charge is 2.00 e. The molecule has 76 valence electrons. The molecule has 0 atom stereocenters. The van der Waals surface area contributed by atoms with Crippen LogP contribution >= 0.6 is 0 Å². The van der Waals surface area contributed by atoms with Gasteiger partial charge in [0.2, 0.25) is 0 Å². The van der Waals surface area contributed by atoms with E-state index < -0.39 is 0 Å². The first-order valence-electron chi connectivity index (χ1n) is 3.82. The van der Waals surface area contributed by atoms with Crippen LogP contribution in [0.25, 0.3) is 0 Å². The van der Waals surface area contributed by atoms with Crippen LogP contribution in [0.1, 0.15) is 28.1 Å². The predicted octanol–water partition coefficient (Wildman–Crippen LogP) is -2.56. The van der Waals surface area contributed by atoms with E-state index in [0.29, 0.717) is 0 Å². The summed E-state index contributed by atoms with van der Waals surface area (Å²) in [6.45, 7) is 0. The van der Waals surface area contributed by atoms with Gasteiger partial charge in [-0.2, -0.15) is 26.3 Å². The minimum atomic E-state index is -0.324. The standard InChI is InChI=1S/C10N6.Fe.Na/c11-1-6-7(2-12)9(4-14)16-10(5-15)8(6)3-13;;/q;+2;+1. The molecule has 1 rings (SSSR count). The summed E-state index contributed by atoms with van der Waals surface area (Å²) < 4.78 is 0. The summed E-state index contributed by atoms with van der Waals surface area (Å²) in [5, 5.41) is 43.7. The van der Waals surface area contributed by atoms with Gasteiger partial charge in [-0.3, -0.25) is 0 Å². The molecule has 0 aliphatic carbocycles. The minimum absolute atomic E-state index is 0. The van der Waals surface area contributed by atoms with Gasteiger partial charge >= 0.3 is 46.6 Å². The molecule has 18 heavy (non-hydrogen) atoms. The molecule has 1 aromatic heterocycles. The number of pyridine rings is 1. The second-order valence-electron chi connectivity index (χ2n) is 2.49. The molecule has 0 aliphatic heterocycles. The zero-order chi connectivity index (χ0) is 12.1. The second-order valence-corrected chi connectivity index (χ2v) is 2.49. The van der Waals surface area contributed by atoms with Gasteiger partial charge in [-0.1, -0.05) is 0 Å². The quantitative estimate of drug-likeness (QED) is 0.481. The summed E-state index contributed by atoms with van der Waals surface area (Å²) in [5.74, 6) is 0. The van der Waals surface area contributed by atoms with Crippen LogP contribution in [-0.2, 0) is 17.1 Å². The first-order chi connectivity index (χ1) is 7.73. The number of nitriles is 5. The Hall–Kier alpha value is -1.88. The zero-order valence-corrected chi connectivity index (χ0v) is 12.1. The van der Waals surface area contributed by atoms with Crippen LogP contribution in [0.2, 0.25) is 0 Å². The van der Waals surface area contributed by atoms with Gasteiger partial charge in [0.15, 0.2) is 11.4 Å². The molecule has 1 aromatic rings. The van der Waals surface area contributed by atoms with Crippen molar-refractivity contribution in [3.63, 3.8) is 0 Å². The van der Waals surface area contributed by atoms with Crippen LogP contribution in [-0.4, -0.2) is 4.98 Å². The Morgan fingerprint density at radius 2 is 0.944 bits per heavy atom. The maximum Gasteiger partial charge on any atom is 2.00 e. The fraction of sp³-hybridized carbons (Fsp3) is 0. The van der Waals surface area contributed by atoms with Crippen molar-refractivity contribution < 1.29 is 46.6 Å². The molecule has 0 aliphatic rings. The van der Waals surface area contributed by atoms with Crippen molar-refractivity contribution in [2.75, 3.05) is 0 Å². The molecule has 8 heteroatoms. The second kappa shape index (κ2) is 8.25. The van der Waals surface area contributed by atoms with Crippen LogP contribution in [0.4, 0.5) is 0 Å². The SMILES string of the molecule is N#Cc1nc(C#N)c(C#N)c(C#N)c1C#N.[Fe+2].[Na+]. The first-order valence-corrected chi connectivity index (χ1v) is 3.82. The van der Waals surface area contributed by atoms with Crippen molar-refractivity contribution in [2.45, 2.75) is 0 Å². The van der Waals surface area contributed by atoms with Crippen LogP contribution in [0, 0.1) is 56.7 Å². The van der Waals surface area contributed by atoms with Gasteiger partial charge in [-0.05, 0) is 0 Å². The molecule has 0 saturated carbocycles. The van der Waals surface area contributed by atoms with E-state index in [1.165, 1.54) is 0 Å². The van der Waals surface area contributed by atoms with E-state index in [1.807, 2.05) is 0 Å². The van der Waals surface area contributed by atoms with Gasteiger partial charge in [0, 0.05) is 0 Å². The average Bonchev–Trinajstić information content (AvgIpc) is 2.35. The van der Waals surface area contributed by atoms with Gasteiger partial charge in [-0.25, -0.2) is 4.98 Å². The van der Waals surface area contributed by atoms with Crippen molar-refractivity contribution in [3.05, 3.63) is 28.1 Å². The molecule has 0 unspecified atom stereocenters. The molecule has 0 amide bonds. The molecular weight excluding hydrogens is 283 g/mol. The molecular formula is C10FeN6Na+3. The fourth-order valence-corrected chi connectivity index (χ4v) is 1.08. The van der Waals surface area contributed by atoms with Gasteiger partial charge in [0.1, 0.15) is 41.5 Å². The van der Waals surface area contributed by atoms with E-state index in [9.17, 15) is 0 Å². The van der Waals surface area contributed by atoms with E-state index in [-0.39, 0.29) is 74.7 Å². The van der Waals surface area contributed by atoms with Crippen molar-refractivity contribution in [1.29, 1.82) is 26.3 Å². The van der Waals surface area contributed by atoms with Gasteiger partial charge in [-0.15, -0.1) is 0 Å². The van der Waals surface area contributed by atoms with Crippen LogP contribution in [0.5, 0.6) is 0 Å². The first kappa shape index (κ1) is 18.5. The van der Waals surface area contributed by atoms with E-state index in [1.54, 1.807) is 30.3 Å². The van der Waals surface area contributed by atoms with Crippen molar-refractivity contribution >= 4 is 0 Å². The van der Waals surface area contributed by atoms with Gasteiger partial charge < -0.3 is 0 Å². The van der Waals surface area contributed by atoms with E-state index >= 15 is 0 Å². The van der Waals surface area contributed by atoms with Crippen LogP contribution < -0.4 is 29.6 Å². The van der Waals surface area contributed by atoms with E-state index in [2.05, 4.69) is 4.98 Å². The Morgan fingerprint density at radius 1 is 0.611 bits per heavy atom. The summed E-state index contributed by atoms with van der Waals surface area (Å²) in [4.78, 5) is 3.54. The van der Waals surface area contributed by atoms with Crippen molar-refractivity contribution in [1.82, 2.24) is 4.98 Å². The van der Waals surface area contributed by atoms with Crippen LogP contribution in [0.3, 0.4) is 0 Å². The van der Waals surface area contributed by atoms with Gasteiger partial charge in [0.25, 0.3) is 0 Å². The molecule has 0 aromatic carbocycles. The summed E-state index contributed by atoms with van der Waals surface area (Å²) >= 11 is 0. The van der Waals surface area contributed by atoms with Crippen LogP contribution in [0.15, 0.2) is 0 Å². The Morgan fingerprint density at radius 3 is 1.17 bits per heavy atom. The Labute approximate surface area is 135 Å². The molecule has 0 spiro atoms. The minimum Gasteiger partial charge on any atom is -0.223 e. The molecule has 0 radical (unpaired) electrons. The molecule has 6 nitrogen and oxygen atoms in total. The monoisotopic (exact) mass is 283 g/mol. The van der Waals surface area contributed by atoms with E-state index in [4.69, 9.17) is 26.3 Å². The molecule has 0 bridgehead atoms. The molecule has 0 fully saturated rings. The Bertz CT molecular complexity index is 627. The third kappa shape index (κ3) is 3.07. The predicted molar refractivity (Wildman–Crippen MR) is 47.8 cm³/mol. The number of nitrogens with zero attached hydrogens (tertiary/aromatic N) is 6. The maximum absolute atomic E-state index is 8.80. The smallest absolute Gasteiger partial charge is 0.223 e. The number of rotatable bonds is 0. The third-order valence-electron chi connectivity index (χ3n) is 1.74. The Balaban J connectivity index is 0. The van der Waals surface area contributed by atoms with Crippen molar-refractivity contribution in [2.24, 2.45) is 0 Å². The third-order valence-corrected chi connectivity index (χ3v) is 1.74. The maximum atomic E-state index is 8.80. The Kier molecular flexibility index (Phi) is 8.47. The molecule has 0 N–H and O–H groups in total. The fourth-order valence-electron chi connectivity index (χ4n) is 1.08. The van der Waals surface area contributed by atoms with E-state index in [0.717, 1.165) is 0 Å². The molecule has 1 heterocycles. The molecule has 0 saturated heterocycles. The van der Waals surface area contributed by atoms with Gasteiger partial charge in [0.05, 0.1) is 5.56 Å². The number of hydrogen-bond donors (Lipinski definition) is 0. The number of aromatic nitrogens is 1. The topological polar surface area (TPSA) is 132 Å².